The van der Waals surface area contributed by atoms with Gasteiger partial charge in [0.25, 0.3) is 5.69 Å². The minimum Gasteiger partial charge on any atom is -0.478 e. The summed E-state index contributed by atoms with van der Waals surface area (Å²) in [7, 11) is 0. The highest BCUT2D eigenvalue weighted by Gasteiger charge is 2.29. The molecule has 0 spiro atoms. The van der Waals surface area contributed by atoms with Crippen LogP contribution in [-0.4, -0.2) is 22.5 Å². The molecule has 1 aliphatic carbocycles. The third-order valence-electron chi connectivity index (χ3n) is 4.34. The normalized spacial score (nSPS) is 16.7. The van der Waals surface area contributed by atoms with Crippen molar-refractivity contribution in [1.82, 2.24) is 0 Å². The van der Waals surface area contributed by atoms with Crippen molar-refractivity contribution >= 4 is 17.3 Å². The fourth-order valence-corrected chi connectivity index (χ4v) is 2.91. The van der Waals surface area contributed by atoms with Crippen LogP contribution in [-0.2, 0) is 0 Å². The molecule has 1 aromatic carbocycles. The van der Waals surface area contributed by atoms with Gasteiger partial charge in [0, 0.05) is 23.9 Å². The average Bonchev–Trinajstić information content (AvgIpc) is 2.84. The van der Waals surface area contributed by atoms with Crippen molar-refractivity contribution in [1.29, 1.82) is 0 Å². The lowest BCUT2D eigenvalue weighted by Crippen LogP contribution is -2.23. The van der Waals surface area contributed by atoms with E-state index in [4.69, 9.17) is 5.11 Å². The molecule has 2 rings (SSSR count). The van der Waals surface area contributed by atoms with Crippen LogP contribution in [0.2, 0.25) is 0 Å². The number of benzene rings is 1. The number of carbonyl (C=O) groups is 1. The smallest absolute Gasteiger partial charge is 0.336 e. The van der Waals surface area contributed by atoms with E-state index in [-0.39, 0.29) is 16.7 Å². The van der Waals surface area contributed by atoms with E-state index in [2.05, 4.69) is 12.2 Å². The van der Waals surface area contributed by atoms with E-state index in [1.807, 2.05) is 0 Å². The van der Waals surface area contributed by atoms with E-state index < -0.39 is 10.9 Å². The molecule has 2 N–H and O–H groups in total. The first kappa shape index (κ1) is 15.3. The second-order valence-corrected chi connectivity index (χ2v) is 6.10. The van der Waals surface area contributed by atoms with E-state index in [1.54, 1.807) is 6.92 Å². The maximum Gasteiger partial charge on any atom is 0.336 e. The van der Waals surface area contributed by atoms with Gasteiger partial charge >= 0.3 is 5.97 Å². The number of nitro benzene ring substituents is 1. The first-order chi connectivity index (χ1) is 9.82. The highest BCUT2D eigenvalue weighted by molar-refractivity contribution is 5.90. The Bertz CT molecular complexity index is 577. The predicted molar refractivity (Wildman–Crippen MR) is 79.9 cm³/mol. The average molecular weight is 292 g/mol. The van der Waals surface area contributed by atoms with Gasteiger partial charge in [0.05, 0.1) is 10.5 Å². The summed E-state index contributed by atoms with van der Waals surface area (Å²) in [6.07, 6.45) is 4.65. The molecule has 0 amide bonds. The van der Waals surface area contributed by atoms with Crippen molar-refractivity contribution in [3.05, 3.63) is 33.4 Å². The summed E-state index contributed by atoms with van der Waals surface area (Å²) in [5.41, 5.74) is 0.974. The maximum absolute atomic E-state index is 11.1. The summed E-state index contributed by atoms with van der Waals surface area (Å²) in [5.74, 6) is -1.16. The van der Waals surface area contributed by atoms with Gasteiger partial charge in [0.15, 0.2) is 0 Å². The Morgan fingerprint density at radius 1 is 1.43 bits per heavy atom. The van der Waals surface area contributed by atoms with Crippen LogP contribution >= 0.6 is 0 Å². The van der Waals surface area contributed by atoms with Crippen LogP contribution in [0.15, 0.2) is 12.1 Å². The molecule has 0 saturated heterocycles. The molecule has 1 aromatic rings. The number of aromatic carboxylic acids is 1. The lowest BCUT2D eigenvalue weighted by atomic mass is 9.88. The number of hydrogen-bond donors (Lipinski definition) is 2. The SMILES string of the molecule is Cc1c(NCC2(C)CCCC2)cc(C(=O)O)cc1[N+](=O)[O-]. The summed E-state index contributed by atoms with van der Waals surface area (Å²) >= 11 is 0. The molecule has 114 valence electrons. The van der Waals surface area contributed by atoms with Crippen molar-refractivity contribution in [3.63, 3.8) is 0 Å². The van der Waals surface area contributed by atoms with Crippen molar-refractivity contribution in [3.8, 4) is 0 Å². The van der Waals surface area contributed by atoms with Gasteiger partial charge in [-0.3, -0.25) is 10.1 Å². The summed E-state index contributed by atoms with van der Waals surface area (Å²) in [6.45, 7) is 4.54. The molecule has 0 heterocycles. The van der Waals surface area contributed by atoms with Crippen LogP contribution in [0.3, 0.4) is 0 Å². The molecule has 0 aliphatic heterocycles. The van der Waals surface area contributed by atoms with Gasteiger partial charge in [-0.2, -0.15) is 0 Å². The number of anilines is 1. The molecule has 0 radical (unpaired) electrons. The van der Waals surface area contributed by atoms with Gasteiger partial charge in [0.1, 0.15) is 0 Å². The Morgan fingerprint density at radius 2 is 2.05 bits per heavy atom. The summed E-state index contributed by atoms with van der Waals surface area (Å²) in [5, 5.41) is 23.4. The molecule has 0 atom stereocenters. The molecule has 6 nitrogen and oxygen atoms in total. The number of rotatable bonds is 5. The number of carboxylic acids is 1. The second kappa shape index (κ2) is 5.71. The predicted octanol–water partition coefficient (Wildman–Crippen LogP) is 3.59. The summed E-state index contributed by atoms with van der Waals surface area (Å²) in [4.78, 5) is 21.6. The molecular weight excluding hydrogens is 272 g/mol. The van der Waals surface area contributed by atoms with E-state index in [0.717, 1.165) is 18.9 Å². The maximum atomic E-state index is 11.1. The van der Waals surface area contributed by atoms with E-state index in [1.165, 1.54) is 18.9 Å². The lowest BCUT2D eigenvalue weighted by Gasteiger charge is -2.25. The van der Waals surface area contributed by atoms with Gasteiger partial charge in [0.2, 0.25) is 0 Å². The number of hydrogen-bond acceptors (Lipinski definition) is 4. The van der Waals surface area contributed by atoms with E-state index in [0.29, 0.717) is 17.8 Å². The van der Waals surface area contributed by atoms with Crippen molar-refractivity contribution in [2.24, 2.45) is 5.41 Å². The highest BCUT2D eigenvalue weighted by atomic mass is 16.6. The van der Waals surface area contributed by atoms with Crippen LogP contribution in [0, 0.1) is 22.5 Å². The zero-order valence-electron chi connectivity index (χ0n) is 12.3. The fraction of sp³-hybridized carbons (Fsp3) is 0.533. The quantitative estimate of drug-likeness (QED) is 0.639. The van der Waals surface area contributed by atoms with Crippen molar-refractivity contribution < 1.29 is 14.8 Å². The molecular formula is C15H20N2O4. The molecule has 1 saturated carbocycles. The molecule has 0 bridgehead atoms. The lowest BCUT2D eigenvalue weighted by molar-refractivity contribution is -0.385. The van der Waals surface area contributed by atoms with Gasteiger partial charge in [-0.15, -0.1) is 0 Å². The van der Waals surface area contributed by atoms with Crippen molar-refractivity contribution in [2.75, 3.05) is 11.9 Å². The molecule has 1 fully saturated rings. The summed E-state index contributed by atoms with van der Waals surface area (Å²) < 4.78 is 0. The monoisotopic (exact) mass is 292 g/mol. The van der Waals surface area contributed by atoms with E-state index >= 15 is 0 Å². The molecule has 0 unspecified atom stereocenters. The standard InChI is InChI=1S/C15H20N2O4/c1-10-12(16-9-15(2)5-3-4-6-15)7-11(14(18)19)8-13(10)17(20)21/h7-8,16H,3-6,9H2,1-2H3,(H,18,19). The van der Waals surface area contributed by atoms with Gasteiger partial charge in [-0.1, -0.05) is 19.8 Å². The topological polar surface area (TPSA) is 92.5 Å². The van der Waals surface area contributed by atoms with Crippen LogP contribution in [0.25, 0.3) is 0 Å². The Labute approximate surface area is 123 Å². The van der Waals surface area contributed by atoms with E-state index in [9.17, 15) is 14.9 Å². The van der Waals surface area contributed by atoms with Crippen LogP contribution < -0.4 is 5.32 Å². The number of nitrogens with one attached hydrogen (secondary N) is 1. The van der Waals surface area contributed by atoms with Gasteiger partial charge in [-0.05, 0) is 31.2 Å². The third kappa shape index (κ3) is 3.32. The molecule has 21 heavy (non-hydrogen) atoms. The summed E-state index contributed by atoms with van der Waals surface area (Å²) in [6, 6.07) is 2.59. The molecule has 1 aliphatic rings. The van der Waals surface area contributed by atoms with Crippen molar-refractivity contribution in [2.45, 2.75) is 39.5 Å². The Morgan fingerprint density at radius 3 is 2.57 bits per heavy atom. The second-order valence-electron chi connectivity index (χ2n) is 6.10. The zero-order valence-corrected chi connectivity index (χ0v) is 12.3. The Hall–Kier alpha value is -2.11. The minimum atomic E-state index is -1.16. The largest absolute Gasteiger partial charge is 0.478 e. The van der Waals surface area contributed by atoms with Crippen LogP contribution in [0.4, 0.5) is 11.4 Å². The highest BCUT2D eigenvalue weighted by Crippen LogP contribution is 2.38. The van der Waals surface area contributed by atoms with Gasteiger partial charge < -0.3 is 10.4 Å². The minimum absolute atomic E-state index is 0.0635. The first-order valence-corrected chi connectivity index (χ1v) is 7.09. The van der Waals surface area contributed by atoms with Crippen LogP contribution in [0.5, 0.6) is 0 Å². The zero-order chi connectivity index (χ0) is 15.6. The molecule has 6 heteroatoms. The number of carboxylic acid groups (broad SMARTS) is 1. The number of nitrogens with zero attached hydrogens (tertiary/aromatic N) is 1. The Kier molecular flexibility index (Phi) is 4.16. The Balaban J connectivity index is 2.29. The van der Waals surface area contributed by atoms with Gasteiger partial charge in [-0.25, -0.2) is 4.79 Å². The fourth-order valence-electron chi connectivity index (χ4n) is 2.91. The number of nitro groups is 1. The first-order valence-electron chi connectivity index (χ1n) is 7.09. The third-order valence-corrected chi connectivity index (χ3v) is 4.34. The molecule has 0 aromatic heterocycles. The van der Waals surface area contributed by atoms with Crippen LogP contribution in [0.1, 0.15) is 48.5 Å².